The summed E-state index contributed by atoms with van der Waals surface area (Å²) < 4.78 is 4.71. The summed E-state index contributed by atoms with van der Waals surface area (Å²) in [7, 11) is 1.33. The van der Waals surface area contributed by atoms with Gasteiger partial charge in [-0.1, -0.05) is 12.1 Å². The number of rotatable bonds is 2. The molecule has 0 aliphatic heterocycles. The predicted molar refractivity (Wildman–Crippen MR) is 76.9 cm³/mol. The molecule has 0 saturated heterocycles. The van der Waals surface area contributed by atoms with Crippen molar-refractivity contribution in [3.05, 3.63) is 58.5 Å². The highest BCUT2D eigenvalue weighted by atomic mass is 16.5. The highest BCUT2D eigenvalue weighted by Crippen LogP contribution is 2.24. The average molecular weight is 281 g/mol. The fraction of sp³-hybridized carbons (Fsp3) is 0.0667. The fourth-order valence-electron chi connectivity index (χ4n) is 2.12. The van der Waals surface area contributed by atoms with Gasteiger partial charge in [-0.2, -0.15) is 5.10 Å². The molecule has 2 aromatic heterocycles. The van der Waals surface area contributed by atoms with Crippen molar-refractivity contribution in [2.24, 2.45) is 0 Å². The van der Waals surface area contributed by atoms with Crippen LogP contribution in [0, 0.1) is 0 Å². The summed E-state index contributed by atoms with van der Waals surface area (Å²) in [6.07, 6.45) is 1.49. The van der Waals surface area contributed by atoms with Crippen LogP contribution in [0.25, 0.3) is 22.2 Å². The van der Waals surface area contributed by atoms with E-state index in [1.165, 1.54) is 19.4 Å². The Bertz CT molecular complexity index is 886. The Morgan fingerprint density at radius 2 is 2.10 bits per heavy atom. The van der Waals surface area contributed by atoms with Crippen molar-refractivity contribution in [1.29, 1.82) is 0 Å². The Hall–Kier alpha value is -3.02. The molecular weight excluding hydrogens is 270 g/mol. The van der Waals surface area contributed by atoms with Crippen LogP contribution in [0.4, 0.5) is 0 Å². The molecule has 0 saturated carbocycles. The average Bonchev–Trinajstić information content (AvgIpc) is 2.53. The van der Waals surface area contributed by atoms with E-state index in [0.717, 1.165) is 10.9 Å². The van der Waals surface area contributed by atoms with Crippen molar-refractivity contribution in [2.45, 2.75) is 0 Å². The van der Waals surface area contributed by atoms with Gasteiger partial charge in [0.05, 0.1) is 24.4 Å². The van der Waals surface area contributed by atoms with Gasteiger partial charge in [-0.3, -0.25) is 4.79 Å². The van der Waals surface area contributed by atoms with Crippen molar-refractivity contribution in [1.82, 2.24) is 15.2 Å². The van der Waals surface area contributed by atoms with Crippen LogP contribution in [0.15, 0.2) is 47.4 Å². The first kappa shape index (κ1) is 13.0. The van der Waals surface area contributed by atoms with E-state index in [1.807, 2.05) is 6.07 Å². The zero-order valence-corrected chi connectivity index (χ0v) is 11.2. The first-order valence-electron chi connectivity index (χ1n) is 6.22. The minimum absolute atomic E-state index is 0.204. The van der Waals surface area contributed by atoms with E-state index in [0.29, 0.717) is 16.8 Å². The second-order valence-electron chi connectivity index (χ2n) is 4.42. The van der Waals surface area contributed by atoms with Gasteiger partial charge >= 0.3 is 5.97 Å². The molecule has 21 heavy (non-hydrogen) atoms. The topological polar surface area (TPSA) is 84.9 Å². The minimum Gasteiger partial charge on any atom is -0.465 e. The molecule has 0 radical (unpaired) electrons. The van der Waals surface area contributed by atoms with Gasteiger partial charge in [0.15, 0.2) is 0 Å². The molecule has 0 atom stereocenters. The summed E-state index contributed by atoms with van der Waals surface area (Å²) in [6, 6.07) is 10.0. The molecule has 104 valence electrons. The van der Waals surface area contributed by atoms with Gasteiger partial charge in [-0.25, -0.2) is 4.79 Å². The zero-order valence-electron chi connectivity index (χ0n) is 11.2. The lowest BCUT2D eigenvalue weighted by Crippen LogP contribution is -2.04. The number of hydrogen-bond acceptors (Lipinski definition) is 5. The number of aromatic amines is 1. The molecule has 0 unspecified atom stereocenters. The lowest BCUT2D eigenvalue weighted by Gasteiger charge is -2.06. The van der Waals surface area contributed by atoms with Crippen LogP contribution in [0.5, 0.6) is 0 Å². The predicted octanol–water partition coefficient (Wildman–Crippen LogP) is 1.77. The van der Waals surface area contributed by atoms with E-state index in [-0.39, 0.29) is 5.56 Å². The number of carbonyl (C=O) groups excluding carboxylic acids is 1. The van der Waals surface area contributed by atoms with Crippen molar-refractivity contribution >= 4 is 16.9 Å². The van der Waals surface area contributed by atoms with E-state index >= 15 is 0 Å². The first-order chi connectivity index (χ1) is 10.2. The molecule has 0 spiro atoms. The number of fused-ring (bicyclic) bond motifs is 1. The molecule has 3 rings (SSSR count). The normalized spacial score (nSPS) is 10.5. The SMILES string of the molecule is COC(=O)c1cccc(-c2nncc3[nH]c(=O)ccc23)c1. The number of carbonyl (C=O) groups is 1. The smallest absolute Gasteiger partial charge is 0.337 e. The Balaban J connectivity index is 2.21. The Morgan fingerprint density at radius 1 is 1.24 bits per heavy atom. The number of benzene rings is 1. The van der Waals surface area contributed by atoms with Crippen molar-refractivity contribution in [3.8, 4) is 11.3 Å². The number of nitrogens with zero attached hydrogens (tertiary/aromatic N) is 2. The zero-order chi connectivity index (χ0) is 14.8. The van der Waals surface area contributed by atoms with Crippen molar-refractivity contribution in [3.63, 3.8) is 0 Å². The van der Waals surface area contributed by atoms with Crippen molar-refractivity contribution in [2.75, 3.05) is 7.11 Å². The quantitative estimate of drug-likeness (QED) is 0.724. The lowest BCUT2D eigenvalue weighted by atomic mass is 10.0. The monoisotopic (exact) mass is 281 g/mol. The molecule has 2 heterocycles. The molecule has 0 aliphatic rings. The van der Waals surface area contributed by atoms with E-state index < -0.39 is 5.97 Å². The Morgan fingerprint density at radius 3 is 2.90 bits per heavy atom. The number of methoxy groups -OCH3 is 1. The maximum Gasteiger partial charge on any atom is 0.337 e. The summed E-state index contributed by atoms with van der Waals surface area (Å²) in [5.41, 5.74) is 2.14. The van der Waals surface area contributed by atoms with E-state index in [9.17, 15) is 9.59 Å². The number of ether oxygens (including phenoxy) is 1. The second-order valence-corrected chi connectivity index (χ2v) is 4.42. The molecule has 0 amide bonds. The summed E-state index contributed by atoms with van der Waals surface area (Å²) in [5.74, 6) is -0.418. The Labute approximate surface area is 119 Å². The van der Waals surface area contributed by atoms with Gasteiger partial charge in [0.2, 0.25) is 5.56 Å². The van der Waals surface area contributed by atoms with Gasteiger partial charge in [-0.15, -0.1) is 5.10 Å². The molecule has 6 heteroatoms. The fourth-order valence-corrected chi connectivity index (χ4v) is 2.12. The highest BCUT2D eigenvalue weighted by molar-refractivity contribution is 5.94. The van der Waals surface area contributed by atoms with Crippen LogP contribution in [0.2, 0.25) is 0 Å². The van der Waals surface area contributed by atoms with Crippen LogP contribution in [-0.2, 0) is 4.74 Å². The van der Waals surface area contributed by atoms with Crippen LogP contribution in [-0.4, -0.2) is 28.3 Å². The van der Waals surface area contributed by atoms with Crippen LogP contribution < -0.4 is 5.56 Å². The molecule has 1 N–H and O–H groups in total. The molecule has 1 aromatic carbocycles. The van der Waals surface area contributed by atoms with Crippen LogP contribution in [0.1, 0.15) is 10.4 Å². The number of esters is 1. The molecule has 3 aromatic rings. The Kier molecular flexibility index (Phi) is 3.19. The van der Waals surface area contributed by atoms with Gasteiger partial charge in [0, 0.05) is 17.0 Å². The van der Waals surface area contributed by atoms with Gasteiger partial charge in [0.1, 0.15) is 5.69 Å². The number of nitrogens with one attached hydrogen (secondary N) is 1. The molecule has 0 aliphatic carbocycles. The lowest BCUT2D eigenvalue weighted by molar-refractivity contribution is 0.0601. The number of aromatic nitrogens is 3. The summed E-state index contributed by atoms with van der Waals surface area (Å²) in [4.78, 5) is 25.6. The highest BCUT2D eigenvalue weighted by Gasteiger charge is 2.10. The summed E-state index contributed by atoms with van der Waals surface area (Å²) in [5, 5.41) is 8.75. The number of H-pyrrole nitrogens is 1. The largest absolute Gasteiger partial charge is 0.465 e. The van der Waals surface area contributed by atoms with E-state index in [1.54, 1.807) is 24.3 Å². The van der Waals surface area contributed by atoms with E-state index in [4.69, 9.17) is 4.74 Å². The standard InChI is InChI=1S/C15H11N3O3/c1-21-15(20)10-4-2-3-9(7-10)14-11-5-6-13(19)17-12(11)8-16-18-14/h2-8H,1H3,(H,17,19). The van der Waals surface area contributed by atoms with Gasteiger partial charge < -0.3 is 9.72 Å². The maximum atomic E-state index is 11.6. The summed E-state index contributed by atoms with van der Waals surface area (Å²) in [6.45, 7) is 0. The van der Waals surface area contributed by atoms with Gasteiger partial charge in [0.25, 0.3) is 0 Å². The second kappa shape index (κ2) is 5.16. The molecular formula is C15H11N3O3. The first-order valence-corrected chi connectivity index (χ1v) is 6.22. The molecule has 0 bridgehead atoms. The molecule has 6 nitrogen and oxygen atoms in total. The number of hydrogen-bond donors (Lipinski definition) is 1. The summed E-state index contributed by atoms with van der Waals surface area (Å²) >= 11 is 0. The molecule has 0 fully saturated rings. The third kappa shape index (κ3) is 2.38. The van der Waals surface area contributed by atoms with Crippen LogP contribution >= 0.6 is 0 Å². The minimum atomic E-state index is -0.418. The third-order valence-corrected chi connectivity index (χ3v) is 3.11. The van der Waals surface area contributed by atoms with Gasteiger partial charge in [-0.05, 0) is 18.2 Å². The third-order valence-electron chi connectivity index (χ3n) is 3.11. The van der Waals surface area contributed by atoms with Crippen LogP contribution in [0.3, 0.4) is 0 Å². The van der Waals surface area contributed by atoms with Crippen molar-refractivity contribution < 1.29 is 9.53 Å². The van der Waals surface area contributed by atoms with E-state index in [2.05, 4.69) is 15.2 Å². The number of pyridine rings is 1. The maximum absolute atomic E-state index is 11.6.